The molecule has 0 atom stereocenters. The number of rotatable bonds is 5. The number of hydrogen-bond donors (Lipinski definition) is 3. The van der Waals surface area contributed by atoms with Crippen molar-refractivity contribution in [1.82, 2.24) is 9.97 Å². The predicted octanol–water partition coefficient (Wildman–Crippen LogP) is 4.66. The largest absolute Gasteiger partial charge is 0.508 e. The van der Waals surface area contributed by atoms with Gasteiger partial charge < -0.3 is 16.2 Å². The van der Waals surface area contributed by atoms with Gasteiger partial charge in [-0.2, -0.15) is 0 Å². The van der Waals surface area contributed by atoms with Crippen molar-refractivity contribution in [2.45, 2.75) is 44.4 Å². The van der Waals surface area contributed by atoms with Gasteiger partial charge in [0, 0.05) is 17.2 Å². The van der Waals surface area contributed by atoms with Crippen LogP contribution in [0.1, 0.15) is 49.3 Å². The topological polar surface area (TPSA) is 101 Å². The molecule has 0 saturated heterocycles. The first-order chi connectivity index (χ1) is 14.6. The summed E-state index contributed by atoms with van der Waals surface area (Å²) >= 11 is 0. The van der Waals surface area contributed by atoms with Crippen molar-refractivity contribution in [3.05, 3.63) is 66.0 Å². The number of hydrogen-bond acceptors (Lipinski definition) is 5. The van der Waals surface area contributed by atoms with Crippen LogP contribution in [0.5, 0.6) is 5.75 Å². The molecule has 2 aromatic carbocycles. The summed E-state index contributed by atoms with van der Waals surface area (Å²) < 4.78 is 0. The van der Waals surface area contributed by atoms with E-state index in [1.807, 2.05) is 24.3 Å². The molecule has 0 aliphatic heterocycles. The molecule has 1 amide bonds. The second-order valence-corrected chi connectivity index (χ2v) is 7.84. The Kier molecular flexibility index (Phi) is 5.93. The molecule has 1 saturated carbocycles. The number of nitrogens with zero attached hydrogens (tertiary/aromatic N) is 2. The molecule has 1 fully saturated rings. The Balaban J connectivity index is 1.59. The Morgan fingerprint density at radius 2 is 1.73 bits per heavy atom. The molecule has 1 aliphatic rings. The zero-order valence-corrected chi connectivity index (χ0v) is 16.8. The number of nitrogens with one attached hydrogen (secondary N) is 1. The highest BCUT2D eigenvalue weighted by molar-refractivity contribution is 5.92. The highest BCUT2D eigenvalue weighted by Crippen LogP contribution is 2.35. The number of benzene rings is 2. The Bertz CT molecular complexity index is 1010. The first-order valence-electron chi connectivity index (χ1n) is 10.4. The van der Waals surface area contributed by atoms with Crippen LogP contribution < -0.4 is 11.1 Å². The fraction of sp³-hybridized carbons (Fsp3) is 0.292. The third-order valence-corrected chi connectivity index (χ3v) is 5.56. The highest BCUT2D eigenvalue weighted by Gasteiger charge is 2.23. The van der Waals surface area contributed by atoms with Crippen LogP contribution in [0.3, 0.4) is 0 Å². The zero-order chi connectivity index (χ0) is 20.9. The maximum atomic E-state index is 12.6. The number of nitrogens with two attached hydrogens (primary N) is 1. The summed E-state index contributed by atoms with van der Waals surface area (Å²) in [6.07, 6.45) is 7.60. The Morgan fingerprint density at radius 1 is 1.03 bits per heavy atom. The minimum absolute atomic E-state index is 0.146. The number of carbonyl (C=O) groups is 1. The molecular weight excluding hydrogens is 376 g/mol. The standard InChI is InChI=1S/C24H26N4O2/c25-19-10-8-17(9-11-19)21-15-26-24(23(27-21)18-4-2-1-3-5-18)28-22(30)14-16-6-12-20(29)13-7-16/h6-13,15,18,29H,1-5,14,25H2,(H,26,28,30). The van der Waals surface area contributed by atoms with E-state index in [2.05, 4.69) is 10.3 Å². The maximum Gasteiger partial charge on any atom is 0.229 e. The molecule has 3 aromatic rings. The number of aromatic nitrogens is 2. The molecule has 4 rings (SSSR count). The van der Waals surface area contributed by atoms with Gasteiger partial charge in [0.1, 0.15) is 5.75 Å². The van der Waals surface area contributed by atoms with Crippen LogP contribution in [0.15, 0.2) is 54.7 Å². The monoisotopic (exact) mass is 402 g/mol. The lowest BCUT2D eigenvalue weighted by Crippen LogP contribution is -2.19. The third-order valence-electron chi connectivity index (χ3n) is 5.56. The molecule has 1 heterocycles. The summed E-state index contributed by atoms with van der Waals surface area (Å²) in [5.74, 6) is 0.879. The lowest BCUT2D eigenvalue weighted by Gasteiger charge is -2.23. The van der Waals surface area contributed by atoms with Crippen LogP contribution in [0.25, 0.3) is 11.3 Å². The van der Waals surface area contributed by atoms with Crippen molar-refractivity contribution in [3.63, 3.8) is 0 Å². The Labute approximate surface area is 176 Å². The van der Waals surface area contributed by atoms with Gasteiger partial charge in [0.15, 0.2) is 5.82 Å². The van der Waals surface area contributed by atoms with Gasteiger partial charge in [-0.05, 0) is 42.7 Å². The van der Waals surface area contributed by atoms with Crippen LogP contribution in [0.2, 0.25) is 0 Å². The first-order valence-corrected chi connectivity index (χ1v) is 10.4. The summed E-state index contributed by atoms with van der Waals surface area (Å²) in [6, 6.07) is 14.2. The molecule has 6 nitrogen and oxygen atoms in total. The van der Waals surface area contributed by atoms with E-state index in [1.165, 1.54) is 19.3 Å². The van der Waals surface area contributed by atoms with E-state index < -0.39 is 0 Å². The van der Waals surface area contributed by atoms with Crippen molar-refractivity contribution in [3.8, 4) is 17.0 Å². The molecule has 0 radical (unpaired) electrons. The molecule has 154 valence electrons. The molecule has 30 heavy (non-hydrogen) atoms. The smallest absolute Gasteiger partial charge is 0.229 e. The van der Waals surface area contributed by atoms with E-state index in [1.54, 1.807) is 30.5 Å². The Hall–Kier alpha value is -3.41. The number of anilines is 2. The number of aromatic hydroxyl groups is 1. The summed E-state index contributed by atoms with van der Waals surface area (Å²) in [6.45, 7) is 0. The average Bonchev–Trinajstić information content (AvgIpc) is 2.77. The molecule has 1 aliphatic carbocycles. The molecule has 0 unspecified atom stereocenters. The van der Waals surface area contributed by atoms with E-state index in [9.17, 15) is 9.90 Å². The van der Waals surface area contributed by atoms with Crippen LogP contribution in [0.4, 0.5) is 11.5 Å². The normalized spacial score (nSPS) is 14.4. The third kappa shape index (κ3) is 4.76. The lowest BCUT2D eigenvalue weighted by atomic mass is 9.86. The van der Waals surface area contributed by atoms with Gasteiger partial charge >= 0.3 is 0 Å². The van der Waals surface area contributed by atoms with Crippen molar-refractivity contribution >= 4 is 17.4 Å². The zero-order valence-electron chi connectivity index (χ0n) is 16.8. The molecule has 6 heteroatoms. The van der Waals surface area contributed by atoms with Crippen molar-refractivity contribution in [1.29, 1.82) is 0 Å². The van der Waals surface area contributed by atoms with E-state index in [0.717, 1.165) is 35.4 Å². The lowest BCUT2D eigenvalue weighted by molar-refractivity contribution is -0.115. The van der Waals surface area contributed by atoms with Crippen molar-refractivity contribution in [2.75, 3.05) is 11.1 Å². The molecule has 1 aromatic heterocycles. The summed E-state index contributed by atoms with van der Waals surface area (Å²) in [7, 11) is 0. The number of amides is 1. The van der Waals surface area contributed by atoms with Gasteiger partial charge in [0.05, 0.1) is 24.0 Å². The molecule has 0 bridgehead atoms. The van der Waals surface area contributed by atoms with Gasteiger partial charge in [-0.3, -0.25) is 4.79 Å². The average molecular weight is 402 g/mol. The van der Waals surface area contributed by atoms with Gasteiger partial charge in [-0.15, -0.1) is 0 Å². The first kappa shape index (κ1) is 19.9. The van der Waals surface area contributed by atoms with Crippen molar-refractivity contribution < 1.29 is 9.90 Å². The number of phenols is 1. The summed E-state index contributed by atoms with van der Waals surface area (Å²) in [4.78, 5) is 22.1. The van der Waals surface area contributed by atoms with E-state index >= 15 is 0 Å². The number of nitrogen functional groups attached to an aromatic ring is 1. The quantitative estimate of drug-likeness (QED) is 0.539. The minimum Gasteiger partial charge on any atom is -0.508 e. The minimum atomic E-state index is -0.146. The van der Waals surface area contributed by atoms with Gasteiger partial charge in [0.2, 0.25) is 5.91 Å². The van der Waals surface area contributed by atoms with Crippen LogP contribution in [0, 0.1) is 0 Å². The second kappa shape index (κ2) is 8.95. The molecule has 0 spiro atoms. The maximum absolute atomic E-state index is 12.6. The fourth-order valence-electron chi connectivity index (χ4n) is 3.93. The predicted molar refractivity (Wildman–Crippen MR) is 118 cm³/mol. The fourth-order valence-corrected chi connectivity index (χ4v) is 3.93. The van der Waals surface area contributed by atoms with Gasteiger partial charge in [-0.25, -0.2) is 9.97 Å². The van der Waals surface area contributed by atoms with Crippen molar-refractivity contribution in [2.24, 2.45) is 0 Å². The summed E-state index contributed by atoms with van der Waals surface area (Å²) in [5.41, 5.74) is 9.94. The van der Waals surface area contributed by atoms with Crippen LogP contribution in [-0.2, 0) is 11.2 Å². The molecule has 4 N–H and O–H groups in total. The van der Waals surface area contributed by atoms with Crippen LogP contribution >= 0.6 is 0 Å². The van der Waals surface area contributed by atoms with E-state index in [0.29, 0.717) is 17.4 Å². The van der Waals surface area contributed by atoms with Gasteiger partial charge in [-0.1, -0.05) is 43.5 Å². The number of phenolic OH excluding ortho intramolecular Hbond substituents is 1. The SMILES string of the molecule is Nc1ccc(-c2cnc(NC(=O)Cc3ccc(O)cc3)c(C3CCCCC3)n2)cc1. The van der Waals surface area contributed by atoms with Gasteiger partial charge in [0.25, 0.3) is 0 Å². The second-order valence-electron chi connectivity index (χ2n) is 7.84. The van der Waals surface area contributed by atoms with E-state index in [-0.39, 0.29) is 18.1 Å². The number of carbonyl (C=O) groups excluding carboxylic acids is 1. The van der Waals surface area contributed by atoms with E-state index in [4.69, 9.17) is 10.7 Å². The Morgan fingerprint density at radius 3 is 2.43 bits per heavy atom. The molecular formula is C24H26N4O2. The highest BCUT2D eigenvalue weighted by atomic mass is 16.3. The summed E-state index contributed by atoms with van der Waals surface area (Å²) in [5, 5.41) is 12.4. The van der Waals surface area contributed by atoms with Crippen LogP contribution in [-0.4, -0.2) is 21.0 Å².